The molecule has 4 heteroatoms. The third-order valence-corrected chi connectivity index (χ3v) is 4.57. The van der Waals surface area contributed by atoms with Crippen molar-refractivity contribution in [2.45, 2.75) is 11.7 Å². The monoisotopic (exact) mass is 350 g/mol. The highest BCUT2D eigenvalue weighted by atomic mass is 16.5. The third kappa shape index (κ3) is 3.29. The van der Waals surface area contributed by atoms with Crippen LogP contribution in [-0.2, 0) is 5.60 Å². The van der Waals surface area contributed by atoms with Gasteiger partial charge in [0.25, 0.3) is 0 Å². The second kappa shape index (κ2) is 7.60. The van der Waals surface area contributed by atoms with Crippen molar-refractivity contribution < 1.29 is 19.7 Å². The maximum absolute atomic E-state index is 11.7. The van der Waals surface area contributed by atoms with Crippen molar-refractivity contribution in [1.82, 2.24) is 0 Å². The average molecular weight is 350 g/mol. The summed E-state index contributed by atoms with van der Waals surface area (Å²) in [6, 6.07) is 23.2. The molecule has 0 aromatic heterocycles. The van der Waals surface area contributed by atoms with E-state index in [-0.39, 0.29) is 0 Å². The molecule has 0 saturated carbocycles. The zero-order valence-electron chi connectivity index (χ0n) is 14.8. The Morgan fingerprint density at radius 1 is 0.692 bits per heavy atom. The van der Waals surface area contributed by atoms with E-state index in [1.165, 1.54) is 0 Å². The zero-order chi connectivity index (χ0) is 18.6. The normalized spacial score (nSPS) is 12.5. The van der Waals surface area contributed by atoms with E-state index in [2.05, 4.69) is 0 Å². The summed E-state index contributed by atoms with van der Waals surface area (Å²) >= 11 is 0. The van der Waals surface area contributed by atoms with Crippen LogP contribution in [0.3, 0.4) is 0 Å². The smallest absolute Gasteiger partial charge is 0.145 e. The number of hydrogen-bond donors (Lipinski definition) is 2. The lowest BCUT2D eigenvalue weighted by molar-refractivity contribution is -0.0518. The van der Waals surface area contributed by atoms with Crippen LogP contribution in [0, 0.1) is 0 Å². The molecule has 0 heterocycles. The molecule has 0 spiro atoms. The topological polar surface area (TPSA) is 58.9 Å². The Balaban J connectivity index is 2.13. The van der Waals surface area contributed by atoms with Gasteiger partial charge in [-0.05, 0) is 41.0 Å². The van der Waals surface area contributed by atoms with Crippen LogP contribution >= 0.6 is 0 Å². The summed E-state index contributed by atoms with van der Waals surface area (Å²) in [5, 5.41) is 22.8. The number of rotatable bonds is 6. The molecule has 2 N–H and O–H groups in total. The summed E-state index contributed by atoms with van der Waals surface area (Å²) in [7, 11) is 3.17. The van der Waals surface area contributed by atoms with Crippen molar-refractivity contribution in [1.29, 1.82) is 0 Å². The minimum Gasteiger partial charge on any atom is -0.497 e. The Labute approximate surface area is 153 Å². The van der Waals surface area contributed by atoms with Gasteiger partial charge in [0.1, 0.15) is 23.2 Å². The first-order valence-electron chi connectivity index (χ1n) is 8.34. The number of benzene rings is 3. The highest BCUT2D eigenvalue weighted by Gasteiger charge is 2.40. The van der Waals surface area contributed by atoms with Crippen LogP contribution < -0.4 is 9.47 Å². The lowest BCUT2D eigenvalue weighted by Crippen LogP contribution is -2.35. The van der Waals surface area contributed by atoms with Gasteiger partial charge in [0.15, 0.2) is 0 Å². The Morgan fingerprint density at radius 3 is 1.50 bits per heavy atom. The molecule has 3 rings (SSSR count). The van der Waals surface area contributed by atoms with E-state index < -0.39 is 11.7 Å². The Hall–Kier alpha value is -2.82. The minimum absolute atomic E-state index is 0.569. The van der Waals surface area contributed by atoms with Crippen LogP contribution in [0.4, 0.5) is 0 Å². The Kier molecular flexibility index (Phi) is 5.26. The van der Waals surface area contributed by atoms with Gasteiger partial charge in [0.05, 0.1) is 14.2 Å². The minimum atomic E-state index is -1.63. The summed E-state index contributed by atoms with van der Waals surface area (Å²) in [5.41, 5.74) is 0.140. The summed E-state index contributed by atoms with van der Waals surface area (Å²) in [6.07, 6.45) is -1.15. The molecule has 3 aromatic carbocycles. The molecule has 0 amide bonds. The summed E-state index contributed by atoms with van der Waals surface area (Å²) < 4.78 is 10.4. The van der Waals surface area contributed by atoms with E-state index in [0.29, 0.717) is 28.2 Å². The number of ether oxygens (including phenoxy) is 2. The van der Waals surface area contributed by atoms with Crippen LogP contribution in [0.5, 0.6) is 11.5 Å². The first kappa shape index (κ1) is 18.0. The number of aliphatic hydroxyl groups excluding tert-OH is 1. The largest absolute Gasteiger partial charge is 0.497 e. The molecular weight excluding hydrogens is 328 g/mol. The van der Waals surface area contributed by atoms with Gasteiger partial charge in [-0.2, -0.15) is 0 Å². The van der Waals surface area contributed by atoms with E-state index in [9.17, 15) is 10.2 Å². The summed E-state index contributed by atoms with van der Waals surface area (Å²) in [5.74, 6) is 1.36. The van der Waals surface area contributed by atoms with E-state index in [4.69, 9.17) is 9.47 Å². The summed E-state index contributed by atoms with van der Waals surface area (Å²) in [4.78, 5) is 0. The maximum atomic E-state index is 11.7. The molecule has 0 unspecified atom stereocenters. The molecule has 0 aliphatic rings. The molecule has 134 valence electrons. The van der Waals surface area contributed by atoms with Crippen molar-refractivity contribution in [2.24, 2.45) is 0 Å². The summed E-state index contributed by atoms with van der Waals surface area (Å²) in [6.45, 7) is 0. The van der Waals surface area contributed by atoms with Gasteiger partial charge in [-0.25, -0.2) is 0 Å². The molecule has 26 heavy (non-hydrogen) atoms. The quantitative estimate of drug-likeness (QED) is 0.712. The highest BCUT2D eigenvalue weighted by Crippen LogP contribution is 2.41. The fraction of sp³-hybridized carbons (Fsp3) is 0.182. The third-order valence-electron chi connectivity index (χ3n) is 4.57. The standard InChI is InChI=1S/C22H22O4/c1-25-19-12-8-17(9-13-19)22(24,18-10-14-20(26-2)15-11-18)21(23)16-6-4-3-5-7-16/h3-15,21,23-24H,1-2H3/t21-/m1/s1. The van der Waals surface area contributed by atoms with E-state index in [1.807, 2.05) is 18.2 Å². The SMILES string of the molecule is COc1ccc(C(O)(c2ccc(OC)cc2)[C@H](O)c2ccccc2)cc1. The van der Waals surface area contributed by atoms with Crippen LogP contribution in [0.1, 0.15) is 22.8 Å². The lowest BCUT2D eigenvalue weighted by atomic mass is 9.79. The fourth-order valence-corrected chi connectivity index (χ4v) is 3.05. The molecule has 0 radical (unpaired) electrons. The molecule has 0 saturated heterocycles. The number of hydrogen-bond acceptors (Lipinski definition) is 4. The van der Waals surface area contributed by atoms with Gasteiger partial charge >= 0.3 is 0 Å². The van der Waals surface area contributed by atoms with Gasteiger partial charge in [-0.1, -0.05) is 54.6 Å². The molecule has 0 fully saturated rings. The molecule has 3 aromatic rings. The van der Waals surface area contributed by atoms with Gasteiger partial charge in [-0.15, -0.1) is 0 Å². The van der Waals surface area contributed by atoms with Gasteiger partial charge in [-0.3, -0.25) is 0 Å². The first-order valence-corrected chi connectivity index (χ1v) is 8.34. The highest BCUT2D eigenvalue weighted by molar-refractivity contribution is 5.44. The Morgan fingerprint density at radius 2 is 1.12 bits per heavy atom. The molecule has 4 nitrogen and oxygen atoms in total. The van der Waals surface area contributed by atoms with Crippen molar-refractivity contribution in [2.75, 3.05) is 14.2 Å². The predicted molar refractivity (Wildman–Crippen MR) is 100 cm³/mol. The van der Waals surface area contributed by atoms with E-state index in [1.54, 1.807) is 74.9 Å². The van der Waals surface area contributed by atoms with Crippen molar-refractivity contribution >= 4 is 0 Å². The van der Waals surface area contributed by atoms with Crippen LogP contribution in [0.15, 0.2) is 78.9 Å². The molecule has 1 atom stereocenters. The van der Waals surface area contributed by atoms with E-state index >= 15 is 0 Å². The van der Waals surface area contributed by atoms with Crippen molar-refractivity contribution in [3.63, 3.8) is 0 Å². The van der Waals surface area contributed by atoms with Gasteiger partial charge in [0, 0.05) is 0 Å². The molecule has 0 aliphatic heterocycles. The van der Waals surface area contributed by atoms with Crippen LogP contribution in [-0.4, -0.2) is 24.4 Å². The zero-order valence-corrected chi connectivity index (χ0v) is 14.8. The lowest BCUT2D eigenvalue weighted by Gasteiger charge is -2.34. The maximum Gasteiger partial charge on any atom is 0.145 e. The second-order valence-corrected chi connectivity index (χ2v) is 6.04. The average Bonchev–Trinajstić information content (AvgIpc) is 2.73. The number of aliphatic hydroxyl groups is 2. The van der Waals surface area contributed by atoms with Crippen LogP contribution in [0.25, 0.3) is 0 Å². The molecule has 0 bridgehead atoms. The second-order valence-electron chi connectivity index (χ2n) is 6.04. The van der Waals surface area contributed by atoms with Crippen molar-refractivity contribution in [3.05, 3.63) is 95.6 Å². The fourth-order valence-electron chi connectivity index (χ4n) is 3.05. The molecule has 0 aliphatic carbocycles. The molecular formula is C22H22O4. The Bertz CT molecular complexity index is 779. The predicted octanol–water partition coefficient (Wildman–Crippen LogP) is 3.67. The van der Waals surface area contributed by atoms with E-state index in [0.717, 1.165) is 0 Å². The van der Waals surface area contributed by atoms with Gasteiger partial charge < -0.3 is 19.7 Å². The number of methoxy groups -OCH3 is 2. The van der Waals surface area contributed by atoms with Gasteiger partial charge in [0.2, 0.25) is 0 Å². The first-order chi connectivity index (χ1) is 12.6. The van der Waals surface area contributed by atoms with Crippen LogP contribution in [0.2, 0.25) is 0 Å². The van der Waals surface area contributed by atoms with Crippen molar-refractivity contribution in [3.8, 4) is 11.5 Å².